The van der Waals surface area contributed by atoms with E-state index in [1.54, 1.807) is 17.7 Å². The highest BCUT2D eigenvalue weighted by Crippen LogP contribution is 2.24. The molecule has 0 saturated heterocycles. The molecule has 0 radical (unpaired) electrons. The van der Waals surface area contributed by atoms with E-state index in [1.807, 2.05) is 55.1 Å². The second-order valence-electron chi connectivity index (χ2n) is 4.60. The number of nitrogens with zero attached hydrogens (tertiary/aromatic N) is 2. The molecule has 1 aromatic heterocycles. The molecule has 0 aliphatic carbocycles. The number of aryl methyl sites for hydroxylation is 1. The average molecular weight is 266 g/mol. The maximum absolute atomic E-state index is 12.0. The van der Waals surface area contributed by atoms with Gasteiger partial charge in [0.15, 0.2) is 0 Å². The van der Waals surface area contributed by atoms with E-state index in [-0.39, 0.29) is 5.56 Å². The van der Waals surface area contributed by atoms with Crippen molar-refractivity contribution in [2.75, 3.05) is 11.4 Å². The lowest BCUT2D eigenvalue weighted by molar-refractivity contribution is 0.816. The smallest absolute Gasteiger partial charge is 0.252 e. The molecular formula is C17H18N2O. The van der Waals surface area contributed by atoms with Crippen LogP contribution >= 0.6 is 0 Å². The molecular weight excluding hydrogens is 248 g/mol. The van der Waals surface area contributed by atoms with Gasteiger partial charge in [-0.15, -0.1) is 5.92 Å². The molecule has 0 N–H and O–H groups in total. The van der Waals surface area contributed by atoms with Crippen molar-refractivity contribution in [3.8, 4) is 11.8 Å². The second kappa shape index (κ2) is 6.12. The molecule has 0 aliphatic rings. The molecule has 3 nitrogen and oxygen atoms in total. The molecule has 102 valence electrons. The van der Waals surface area contributed by atoms with Crippen LogP contribution in [-0.2, 0) is 7.05 Å². The van der Waals surface area contributed by atoms with Crippen LogP contribution in [-0.4, -0.2) is 11.1 Å². The first-order valence-electron chi connectivity index (χ1n) is 6.53. The lowest BCUT2D eigenvalue weighted by Crippen LogP contribution is -2.23. The minimum Gasteiger partial charge on any atom is -0.330 e. The quantitative estimate of drug-likeness (QED) is 0.798. The lowest BCUT2D eigenvalue weighted by Gasteiger charge is -2.23. The number of hydrogen-bond acceptors (Lipinski definition) is 2. The average Bonchev–Trinajstić information content (AvgIpc) is 2.46. The van der Waals surface area contributed by atoms with Crippen LogP contribution in [0.25, 0.3) is 0 Å². The largest absolute Gasteiger partial charge is 0.330 e. The van der Waals surface area contributed by atoms with E-state index in [4.69, 9.17) is 0 Å². The highest BCUT2D eigenvalue weighted by molar-refractivity contribution is 5.64. The van der Waals surface area contributed by atoms with Crippen molar-refractivity contribution in [2.45, 2.75) is 13.8 Å². The number of benzene rings is 1. The third-order valence-corrected chi connectivity index (χ3v) is 3.28. The summed E-state index contributed by atoms with van der Waals surface area (Å²) in [6.07, 6.45) is 0. The summed E-state index contributed by atoms with van der Waals surface area (Å²) in [4.78, 5) is 14.0. The fourth-order valence-corrected chi connectivity index (χ4v) is 2.00. The molecule has 0 unspecified atom stereocenters. The van der Waals surface area contributed by atoms with Crippen LogP contribution in [0.5, 0.6) is 0 Å². The van der Waals surface area contributed by atoms with Crippen molar-refractivity contribution in [2.24, 2.45) is 7.05 Å². The molecule has 3 heteroatoms. The first-order chi connectivity index (χ1) is 9.63. The molecule has 2 aromatic rings. The van der Waals surface area contributed by atoms with Gasteiger partial charge in [0.05, 0.1) is 6.54 Å². The number of hydrogen-bond donors (Lipinski definition) is 0. The third-order valence-electron chi connectivity index (χ3n) is 3.28. The van der Waals surface area contributed by atoms with Gasteiger partial charge in [0.1, 0.15) is 0 Å². The summed E-state index contributed by atoms with van der Waals surface area (Å²) in [5.41, 5.74) is 2.82. The molecule has 0 bridgehead atoms. The van der Waals surface area contributed by atoms with Crippen molar-refractivity contribution < 1.29 is 0 Å². The third kappa shape index (κ3) is 2.92. The van der Waals surface area contributed by atoms with Crippen LogP contribution in [0.15, 0.2) is 47.3 Å². The molecule has 0 saturated carbocycles. The Labute approximate surface area is 119 Å². The molecule has 0 aliphatic heterocycles. The highest BCUT2D eigenvalue weighted by atomic mass is 16.1. The molecule has 0 spiro atoms. The maximum atomic E-state index is 12.0. The van der Waals surface area contributed by atoms with Gasteiger partial charge in [-0.1, -0.05) is 24.1 Å². The van der Waals surface area contributed by atoms with E-state index in [0.29, 0.717) is 6.54 Å². The molecule has 1 heterocycles. The normalized spacial score (nSPS) is 9.75. The monoisotopic (exact) mass is 266 g/mol. The van der Waals surface area contributed by atoms with E-state index in [1.165, 1.54) is 0 Å². The summed E-state index contributed by atoms with van der Waals surface area (Å²) in [6, 6.07) is 13.6. The van der Waals surface area contributed by atoms with Crippen molar-refractivity contribution in [3.63, 3.8) is 0 Å². The summed E-state index contributed by atoms with van der Waals surface area (Å²) >= 11 is 0. The van der Waals surface area contributed by atoms with Crippen LogP contribution in [0.1, 0.15) is 12.6 Å². The van der Waals surface area contributed by atoms with E-state index < -0.39 is 0 Å². The number of aromatic nitrogens is 1. The predicted octanol–water partition coefficient (Wildman–Crippen LogP) is 2.86. The highest BCUT2D eigenvalue weighted by Gasteiger charge is 2.10. The molecule has 0 atom stereocenters. The first kappa shape index (κ1) is 14.0. The summed E-state index contributed by atoms with van der Waals surface area (Å²) in [6.45, 7) is 4.31. The Bertz CT molecular complexity index is 705. The van der Waals surface area contributed by atoms with E-state index in [0.717, 1.165) is 17.1 Å². The Kier molecular flexibility index (Phi) is 4.27. The Balaban J connectivity index is 2.51. The van der Waals surface area contributed by atoms with Crippen LogP contribution in [0, 0.1) is 18.8 Å². The van der Waals surface area contributed by atoms with Crippen LogP contribution in [0.2, 0.25) is 0 Å². The minimum atomic E-state index is -0.00890. The van der Waals surface area contributed by atoms with Gasteiger partial charge in [-0.05, 0) is 32.0 Å². The number of rotatable bonds is 3. The van der Waals surface area contributed by atoms with Crippen LogP contribution in [0.4, 0.5) is 11.4 Å². The zero-order valence-corrected chi connectivity index (χ0v) is 12.1. The van der Waals surface area contributed by atoms with E-state index >= 15 is 0 Å². The Hall–Kier alpha value is -2.47. The predicted molar refractivity (Wildman–Crippen MR) is 83.3 cm³/mol. The van der Waals surface area contributed by atoms with E-state index in [2.05, 4.69) is 11.8 Å². The number of pyridine rings is 1. The zero-order valence-electron chi connectivity index (χ0n) is 12.1. The van der Waals surface area contributed by atoms with Crippen molar-refractivity contribution in [1.29, 1.82) is 0 Å². The van der Waals surface area contributed by atoms with Gasteiger partial charge in [-0.3, -0.25) is 4.79 Å². The summed E-state index contributed by atoms with van der Waals surface area (Å²) in [7, 11) is 1.78. The Morgan fingerprint density at radius 1 is 1.15 bits per heavy atom. The van der Waals surface area contributed by atoms with Crippen LogP contribution in [0.3, 0.4) is 0 Å². The first-order valence-corrected chi connectivity index (χ1v) is 6.53. The maximum Gasteiger partial charge on any atom is 0.252 e. The molecule has 0 amide bonds. The van der Waals surface area contributed by atoms with Gasteiger partial charge in [0.2, 0.25) is 0 Å². The second-order valence-corrected chi connectivity index (χ2v) is 4.60. The molecule has 20 heavy (non-hydrogen) atoms. The lowest BCUT2D eigenvalue weighted by atomic mass is 10.2. The van der Waals surface area contributed by atoms with Gasteiger partial charge >= 0.3 is 0 Å². The summed E-state index contributed by atoms with van der Waals surface area (Å²) in [5.74, 6) is 5.97. The summed E-state index contributed by atoms with van der Waals surface area (Å²) < 4.78 is 1.64. The van der Waals surface area contributed by atoms with E-state index in [9.17, 15) is 4.79 Å². The van der Waals surface area contributed by atoms with Crippen molar-refractivity contribution >= 4 is 11.4 Å². The Morgan fingerprint density at radius 3 is 2.45 bits per heavy atom. The SMILES string of the molecule is CC#CCN(c1ccccc1)c1cc(C)n(C)c(=O)c1. The van der Waals surface area contributed by atoms with Gasteiger partial charge in [0, 0.05) is 30.2 Å². The summed E-state index contributed by atoms with van der Waals surface area (Å²) in [5, 5.41) is 0. The molecule has 0 fully saturated rings. The molecule has 2 rings (SSSR count). The fourth-order valence-electron chi connectivity index (χ4n) is 2.00. The number of para-hydroxylation sites is 1. The van der Waals surface area contributed by atoms with Gasteiger partial charge in [0.25, 0.3) is 5.56 Å². The standard InChI is InChI=1S/C17H18N2O/c1-4-5-11-19(15-9-7-6-8-10-15)16-12-14(2)18(3)17(20)13-16/h6-10,12-13H,11H2,1-3H3. The van der Waals surface area contributed by atoms with Crippen molar-refractivity contribution in [3.05, 3.63) is 58.5 Å². The Morgan fingerprint density at radius 2 is 1.85 bits per heavy atom. The van der Waals surface area contributed by atoms with Crippen molar-refractivity contribution in [1.82, 2.24) is 4.57 Å². The molecule has 1 aromatic carbocycles. The van der Waals surface area contributed by atoms with Gasteiger partial charge in [-0.25, -0.2) is 0 Å². The zero-order chi connectivity index (χ0) is 14.5. The van der Waals surface area contributed by atoms with Crippen LogP contribution < -0.4 is 10.5 Å². The van der Waals surface area contributed by atoms with Gasteiger partial charge in [-0.2, -0.15) is 0 Å². The minimum absolute atomic E-state index is 0.00890. The number of anilines is 2. The topological polar surface area (TPSA) is 25.2 Å². The van der Waals surface area contributed by atoms with Gasteiger partial charge < -0.3 is 9.47 Å². The fraction of sp³-hybridized carbons (Fsp3) is 0.235.